The van der Waals surface area contributed by atoms with Gasteiger partial charge in [-0.15, -0.1) is 4.40 Å². The summed E-state index contributed by atoms with van der Waals surface area (Å²) < 4.78 is 28.8. The topological polar surface area (TPSA) is 78.8 Å². The van der Waals surface area contributed by atoms with E-state index in [-0.39, 0.29) is 26.2 Å². The molecule has 1 N–H and O–H groups in total. The van der Waals surface area contributed by atoms with Crippen molar-refractivity contribution < 1.29 is 13.2 Å². The van der Waals surface area contributed by atoms with E-state index >= 15 is 0 Å². The predicted molar refractivity (Wildman–Crippen MR) is 109 cm³/mol. The van der Waals surface area contributed by atoms with Crippen LogP contribution in [0.15, 0.2) is 45.7 Å². The van der Waals surface area contributed by atoms with Crippen LogP contribution >= 0.6 is 23.2 Å². The molecule has 2 aromatic carbocycles. The summed E-state index contributed by atoms with van der Waals surface area (Å²) in [6.07, 6.45) is 0.819. The van der Waals surface area contributed by atoms with Crippen LogP contribution in [0.2, 0.25) is 10.0 Å². The Balaban J connectivity index is 2.00. The molecule has 0 saturated carbocycles. The first-order valence-electron chi connectivity index (χ1n) is 8.23. The summed E-state index contributed by atoms with van der Waals surface area (Å²) in [7, 11) is -3.87. The van der Waals surface area contributed by atoms with Gasteiger partial charge in [0.1, 0.15) is 10.7 Å². The van der Waals surface area contributed by atoms with E-state index in [1.165, 1.54) is 6.07 Å². The van der Waals surface area contributed by atoms with Gasteiger partial charge in [0.25, 0.3) is 15.9 Å². The summed E-state index contributed by atoms with van der Waals surface area (Å²) >= 11 is 12.1. The number of amides is 1. The van der Waals surface area contributed by atoms with Crippen LogP contribution in [0, 0.1) is 0 Å². The molecule has 3 rings (SSSR count). The lowest BCUT2D eigenvalue weighted by Gasteiger charge is -2.29. The summed E-state index contributed by atoms with van der Waals surface area (Å²) in [5, 5.41) is 3.20. The minimum atomic E-state index is -3.87. The molecule has 1 heterocycles. The van der Waals surface area contributed by atoms with Crippen molar-refractivity contribution in [3.05, 3.63) is 52.0 Å². The standard InChI is InChI=1S/C18H17Cl2N3O3S/c1-3-9-23-11(2)22-27(25,26)16-10-12(7-8-15(16)23)18(24)21-17-13(19)5-4-6-14(17)20/h4-8,10H,3,9H2,1-2H3,(H,21,24). The third-order valence-corrected chi connectivity index (χ3v) is 6.10. The summed E-state index contributed by atoms with van der Waals surface area (Å²) in [5.41, 5.74) is 0.948. The highest BCUT2D eigenvalue weighted by atomic mass is 35.5. The second-order valence-corrected chi connectivity index (χ2v) is 8.39. The molecule has 1 aliphatic heterocycles. The predicted octanol–water partition coefficient (Wildman–Crippen LogP) is 4.58. The van der Waals surface area contributed by atoms with Crippen LogP contribution in [0.5, 0.6) is 0 Å². The number of benzene rings is 2. The molecule has 0 atom stereocenters. The van der Waals surface area contributed by atoms with Gasteiger partial charge in [-0.05, 0) is 43.7 Å². The lowest BCUT2D eigenvalue weighted by atomic mass is 10.1. The molecular weight excluding hydrogens is 409 g/mol. The van der Waals surface area contributed by atoms with Crippen LogP contribution in [-0.4, -0.2) is 26.7 Å². The number of amidine groups is 1. The summed E-state index contributed by atoms with van der Waals surface area (Å²) in [6, 6.07) is 9.36. The number of rotatable bonds is 4. The van der Waals surface area contributed by atoms with E-state index in [4.69, 9.17) is 23.2 Å². The summed E-state index contributed by atoms with van der Waals surface area (Å²) in [6.45, 7) is 4.26. The molecule has 2 aromatic rings. The van der Waals surface area contributed by atoms with Crippen molar-refractivity contribution in [3.63, 3.8) is 0 Å². The van der Waals surface area contributed by atoms with E-state index in [2.05, 4.69) is 9.71 Å². The van der Waals surface area contributed by atoms with Crippen molar-refractivity contribution in [1.29, 1.82) is 0 Å². The van der Waals surface area contributed by atoms with Gasteiger partial charge in [0, 0.05) is 12.1 Å². The van der Waals surface area contributed by atoms with Gasteiger partial charge < -0.3 is 10.2 Å². The molecule has 0 aliphatic carbocycles. The Labute approximate surface area is 167 Å². The Morgan fingerprint density at radius 3 is 2.48 bits per heavy atom. The molecule has 0 saturated heterocycles. The van der Waals surface area contributed by atoms with Crippen LogP contribution in [0.25, 0.3) is 0 Å². The first-order valence-corrected chi connectivity index (χ1v) is 10.4. The molecule has 0 radical (unpaired) electrons. The minimum Gasteiger partial charge on any atom is -0.328 e. The van der Waals surface area contributed by atoms with Crippen molar-refractivity contribution in [3.8, 4) is 0 Å². The van der Waals surface area contributed by atoms with Gasteiger partial charge in [0.05, 0.1) is 21.4 Å². The molecule has 1 amide bonds. The first-order chi connectivity index (χ1) is 12.7. The van der Waals surface area contributed by atoms with Crippen LogP contribution in [-0.2, 0) is 10.0 Å². The van der Waals surface area contributed by atoms with Gasteiger partial charge in [0.2, 0.25) is 0 Å². The number of carbonyl (C=O) groups excluding carboxylic acids is 1. The maximum absolute atomic E-state index is 12.6. The Morgan fingerprint density at radius 2 is 1.85 bits per heavy atom. The van der Waals surface area contributed by atoms with E-state index < -0.39 is 15.9 Å². The zero-order valence-corrected chi connectivity index (χ0v) is 17.0. The highest BCUT2D eigenvalue weighted by Crippen LogP contribution is 2.34. The molecule has 142 valence electrons. The Kier molecular flexibility index (Phi) is 5.46. The van der Waals surface area contributed by atoms with E-state index in [1.54, 1.807) is 37.3 Å². The van der Waals surface area contributed by atoms with Crippen molar-refractivity contribution in [2.45, 2.75) is 25.2 Å². The van der Waals surface area contributed by atoms with Crippen LogP contribution in [0.4, 0.5) is 11.4 Å². The van der Waals surface area contributed by atoms with E-state index in [0.29, 0.717) is 18.1 Å². The molecule has 0 aromatic heterocycles. The zero-order chi connectivity index (χ0) is 19.8. The molecule has 27 heavy (non-hydrogen) atoms. The first kappa shape index (κ1) is 19.7. The number of fused-ring (bicyclic) bond motifs is 1. The monoisotopic (exact) mass is 425 g/mol. The van der Waals surface area contributed by atoms with Crippen molar-refractivity contribution in [2.75, 3.05) is 16.8 Å². The summed E-state index contributed by atoms with van der Waals surface area (Å²) in [4.78, 5) is 14.4. The number of anilines is 2. The Bertz CT molecular complexity index is 1030. The number of sulfonamides is 1. The van der Waals surface area contributed by atoms with Gasteiger partial charge in [-0.25, -0.2) is 0 Å². The fourth-order valence-corrected chi connectivity index (χ4v) is 4.60. The Morgan fingerprint density at radius 1 is 1.19 bits per heavy atom. The third-order valence-electron chi connectivity index (χ3n) is 4.08. The van der Waals surface area contributed by atoms with Gasteiger partial charge >= 0.3 is 0 Å². The second-order valence-electron chi connectivity index (χ2n) is 6.00. The molecular formula is C18H17Cl2N3O3S. The molecule has 0 fully saturated rings. The lowest BCUT2D eigenvalue weighted by Crippen LogP contribution is -2.34. The number of para-hydroxylation sites is 1. The Hall–Kier alpha value is -2.09. The van der Waals surface area contributed by atoms with Crippen molar-refractivity contribution in [1.82, 2.24) is 0 Å². The van der Waals surface area contributed by atoms with Crippen LogP contribution < -0.4 is 10.2 Å². The average Bonchev–Trinajstić information content (AvgIpc) is 2.61. The second kappa shape index (κ2) is 7.50. The summed E-state index contributed by atoms with van der Waals surface area (Å²) in [5.74, 6) is -0.110. The van der Waals surface area contributed by atoms with E-state index in [0.717, 1.165) is 6.42 Å². The normalized spacial score (nSPS) is 15.1. The van der Waals surface area contributed by atoms with Crippen LogP contribution in [0.1, 0.15) is 30.6 Å². The zero-order valence-electron chi connectivity index (χ0n) is 14.7. The molecule has 0 bridgehead atoms. The quantitative estimate of drug-likeness (QED) is 0.776. The van der Waals surface area contributed by atoms with Gasteiger partial charge in [-0.3, -0.25) is 4.79 Å². The number of halogens is 2. The highest BCUT2D eigenvalue weighted by molar-refractivity contribution is 7.90. The third kappa shape index (κ3) is 3.81. The molecule has 1 aliphatic rings. The molecule has 6 nitrogen and oxygen atoms in total. The number of carbonyl (C=O) groups is 1. The van der Waals surface area contributed by atoms with Gasteiger partial charge in [-0.1, -0.05) is 36.2 Å². The SMILES string of the molecule is CCCN1C(C)=NS(=O)(=O)c2cc(C(=O)Nc3c(Cl)cccc3Cl)ccc21. The largest absolute Gasteiger partial charge is 0.328 e. The molecule has 9 heteroatoms. The number of nitrogens with zero attached hydrogens (tertiary/aromatic N) is 2. The minimum absolute atomic E-state index is 0.000504. The van der Waals surface area contributed by atoms with Gasteiger partial charge in [0.15, 0.2) is 0 Å². The maximum atomic E-state index is 12.6. The van der Waals surface area contributed by atoms with Crippen LogP contribution in [0.3, 0.4) is 0 Å². The van der Waals surface area contributed by atoms with E-state index in [1.807, 2.05) is 11.8 Å². The smallest absolute Gasteiger partial charge is 0.286 e. The number of hydrogen-bond donors (Lipinski definition) is 1. The molecule has 0 unspecified atom stereocenters. The number of hydrogen-bond acceptors (Lipinski definition) is 4. The average molecular weight is 426 g/mol. The van der Waals surface area contributed by atoms with Crippen molar-refractivity contribution in [2.24, 2.45) is 4.40 Å². The highest BCUT2D eigenvalue weighted by Gasteiger charge is 2.29. The maximum Gasteiger partial charge on any atom is 0.286 e. The van der Waals surface area contributed by atoms with Crippen molar-refractivity contribution >= 4 is 56.3 Å². The fraction of sp³-hybridized carbons (Fsp3) is 0.222. The number of nitrogens with one attached hydrogen (secondary N) is 1. The molecule has 0 spiro atoms. The fourth-order valence-electron chi connectivity index (χ4n) is 2.84. The van der Waals surface area contributed by atoms with Gasteiger partial charge in [-0.2, -0.15) is 8.42 Å². The van der Waals surface area contributed by atoms with E-state index in [9.17, 15) is 13.2 Å². The lowest BCUT2D eigenvalue weighted by molar-refractivity contribution is 0.102.